The summed E-state index contributed by atoms with van der Waals surface area (Å²) in [5.74, 6) is 0.581. The molecule has 2 rings (SSSR count). The van der Waals surface area contributed by atoms with Crippen LogP contribution in [0.4, 0.5) is 0 Å². The summed E-state index contributed by atoms with van der Waals surface area (Å²) >= 11 is 0. The smallest absolute Gasteiger partial charge is 0.284 e. The van der Waals surface area contributed by atoms with Crippen LogP contribution in [0.5, 0.6) is 0 Å². The van der Waals surface area contributed by atoms with Gasteiger partial charge in [0.2, 0.25) is 0 Å². The molecular weight excluding hydrogens is 292 g/mol. The van der Waals surface area contributed by atoms with Crippen LogP contribution < -0.4 is 5.73 Å². The fourth-order valence-electron chi connectivity index (χ4n) is 3.13. The van der Waals surface area contributed by atoms with E-state index in [1.165, 1.54) is 12.8 Å². The van der Waals surface area contributed by atoms with Crippen LogP contribution in [0.3, 0.4) is 0 Å². The van der Waals surface area contributed by atoms with E-state index in [9.17, 15) is 4.79 Å². The van der Waals surface area contributed by atoms with Crippen molar-refractivity contribution in [2.75, 3.05) is 20.2 Å². The molecule has 1 saturated heterocycles. The summed E-state index contributed by atoms with van der Waals surface area (Å²) in [6.45, 7) is 8.92. The van der Waals surface area contributed by atoms with E-state index in [2.05, 4.69) is 32.7 Å². The quantitative estimate of drug-likeness (QED) is 0.837. The largest absolute Gasteiger partial charge is 0.455 e. The van der Waals surface area contributed by atoms with Crippen molar-refractivity contribution < 1.29 is 13.9 Å². The van der Waals surface area contributed by atoms with Gasteiger partial charge in [0, 0.05) is 24.1 Å². The van der Waals surface area contributed by atoms with Crippen LogP contribution >= 0.6 is 0 Å². The summed E-state index contributed by atoms with van der Waals surface area (Å²) in [7, 11) is 2.10. The zero-order chi connectivity index (χ0) is 17.0. The minimum atomic E-state index is -0.511. The Morgan fingerprint density at radius 1 is 1.43 bits per heavy atom. The Labute approximate surface area is 139 Å². The normalized spacial score (nSPS) is 18.7. The van der Waals surface area contributed by atoms with Gasteiger partial charge in [0.05, 0.1) is 6.10 Å². The second-order valence-corrected chi connectivity index (χ2v) is 7.59. The Bertz CT molecular complexity index is 525. The first-order chi connectivity index (χ1) is 10.8. The SMILES string of the molecule is CN(CCC[C@H]1CCCO1)Cc1cc(C(N)=O)oc1C(C)(C)C. The second kappa shape index (κ2) is 7.49. The summed E-state index contributed by atoms with van der Waals surface area (Å²) in [5, 5.41) is 0. The standard InChI is InChI=1S/C18H30N2O3/c1-18(2,3)16-13(11-15(23-16)17(19)21)12-20(4)9-5-7-14-8-6-10-22-14/h11,14H,5-10,12H2,1-4H3,(H2,19,21)/t14-/m0/s1. The zero-order valence-corrected chi connectivity index (χ0v) is 14.9. The maximum absolute atomic E-state index is 11.4. The molecule has 1 fully saturated rings. The monoisotopic (exact) mass is 322 g/mol. The second-order valence-electron chi connectivity index (χ2n) is 7.59. The van der Waals surface area contributed by atoms with Crippen LogP contribution in [0.25, 0.3) is 0 Å². The van der Waals surface area contributed by atoms with E-state index in [-0.39, 0.29) is 11.2 Å². The fourth-order valence-corrected chi connectivity index (χ4v) is 3.13. The number of primary amides is 1. The van der Waals surface area contributed by atoms with Gasteiger partial charge in [0.25, 0.3) is 5.91 Å². The molecule has 1 aliphatic heterocycles. The molecule has 23 heavy (non-hydrogen) atoms. The van der Waals surface area contributed by atoms with E-state index < -0.39 is 5.91 Å². The molecule has 0 aliphatic carbocycles. The summed E-state index contributed by atoms with van der Waals surface area (Å²) in [6.07, 6.45) is 5.08. The van der Waals surface area contributed by atoms with Crippen molar-refractivity contribution in [3.05, 3.63) is 23.2 Å². The topological polar surface area (TPSA) is 68.7 Å². The lowest BCUT2D eigenvalue weighted by Gasteiger charge is -2.21. The molecule has 1 aliphatic rings. The molecule has 1 atom stereocenters. The van der Waals surface area contributed by atoms with E-state index in [1.807, 2.05) is 0 Å². The van der Waals surface area contributed by atoms with Crippen molar-refractivity contribution in [3.63, 3.8) is 0 Å². The molecule has 1 amide bonds. The molecule has 0 saturated carbocycles. The lowest BCUT2D eigenvalue weighted by molar-refractivity contribution is 0.0970. The van der Waals surface area contributed by atoms with Gasteiger partial charge in [0.1, 0.15) is 5.76 Å². The van der Waals surface area contributed by atoms with Gasteiger partial charge in [-0.1, -0.05) is 20.8 Å². The highest BCUT2D eigenvalue weighted by Crippen LogP contribution is 2.29. The molecule has 5 nitrogen and oxygen atoms in total. The van der Waals surface area contributed by atoms with Crippen LogP contribution in [0.15, 0.2) is 10.5 Å². The maximum Gasteiger partial charge on any atom is 0.284 e. The number of amides is 1. The van der Waals surface area contributed by atoms with Gasteiger partial charge >= 0.3 is 0 Å². The molecule has 1 aromatic heterocycles. The third kappa shape index (κ3) is 5.08. The number of nitrogens with zero attached hydrogens (tertiary/aromatic N) is 1. The number of ether oxygens (including phenoxy) is 1. The van der Waals surface area contributed by atoms with Crippen LogP contribution in [0, 0.1) is 0 Å². The van der Waals surface area contributed by atoms with Gasteiger partial charge in [-0.15, -0.1) is 0 Å². The van der Waals surface area contributed by atoms with Crippen LogP contribution in [-0.2, 0) is 16.7 Å². The molecule has 130 valence electrons. The molecule has 0 aromatic carbocycles. The molecule has 0 unspecified atom stereocenters. The number of furan rings is 1. The number of hydrogen-bond donors (Lipinski definition) is 1. The third-order valence-corrected chi connectivity index (χ3v) is 4.26. The van der Waals surface area contributed by atoms with Gasteiger partial charge in [-0.2, -0.15) is 0 Å². The highest BCUT2D eigenvalue weighted by molar-refractivity contribution is 5.90. The summed E-state index contributed by atoms with van der Waals surface area (Å²) in [6, 6.07) is 1.79. The molecule has 1 aromatic rings. The maximum atomic E-state index is 11.4. The Morgan fingerprint density at radius 2 is 2.17 bits per heavy atom. The highest BCUT2D eigenvalue weighted by Gasteiger charge is 2.25. The molecular formula is C18H30N2O3. The first-order valence-electron chi connectivity index (χ1n) is 8.50. The van der Waals surface area contributed by atoms with Crippen molar-refractivity contribution >= 4 is 5.91 Å². The van der Waals surface area contributed by atoms with Gasteiger partial charge < -0.3 is 19.8 Å². The minimum absolute atomic E-state index is 0.151. The summed E-state index contributed by atoms with van der Waals surface area (Å²) < 4.78 is 11.4. The number of rotatable bonds is 7. The molecule has 5 heteroatoms. The summed E-state index contributed by atoms with van der Waals surface area (Å²) in [5.41, 5.74) is 6.26. The van der Waals surface area contributed by atoms with E-state index in [0.29, 0.717) is 6.10 Å². The van der Waals surface area contributed by atoms with E-state index >= 15 is 0 Å². The zero-order valence-electron chi connectivity index (χ0n) is 14.9. The molecule has 2 heterocycles. The summed E-state index contributed by atoms with van der Waals surface area (Å²) in [4.78, 5) is 13.7. The number of nitrogens with two attached hydrogens (primary N) is 1. The predicted molar refractivity (Wildman–Crippen MR) is 90.5 cm³/mol. The Morgan fingerprint density at radius 3 is 2.74 bits per heavy atom. The Hall–Kier alpha value is -1.33. The van der Waals surface area contributed by atoms with Crippen LogP contribution in [-0.4, -0.2) is 37.1 Å². The van der Waals surface area contributed by atoms with E-state index in [4.69, 9.17) is 14.9 Å². The number of hydrogen-bond acceptors (Lipinski definition) is 4. The van der Waals surface area contributed by atoms with E-state index in [0.717, 1.165) is 43.9 Å². The molecule has 0 bridgehead atoms. The lowest BCUT2D eigenvalue weighted by Crippen LogP contribution is -2.22. The van der Waals surface area contributed by atoms with Crippen LogP contribution in [0.1, 0.15) is 68.3 Å². The number of carbonyl (C=O) groups excluding carboxylic acids is 1. The van der Waals surface area contributed by atoms with Crippen molar-refractivity contribution in [2.45, 2.75) is 64.5 Å². The molecule has 0 spiro atoms. The first kappa shape index (κ1) is 18.0. The van der Waals surface area contributed by atoms with Crippen molar-refractivity contribution in [3.8, 4) is 0 Å². The lowest BCUT2D eigenvalue weighted by atomic mass is 9.90. The van der Waals surface area contributed by atoms with Gasteiger partial charge in [-0.25, -0.2) is 0 Å². The van der Waals surface area contributed by atoms with Crippen LogP contribution in [0.2, 0.25) is 0 Å². The fraction of sp³-hybridized carbons (Fsp3) is 0.722. The third-order valence-electron chi connectivity index (χ3n) is 4.26. The van der Waals surface area contributed by atoms with Gasteiger partial charge in [0.15, 0.2) is 5.76 Å². The predicted octanol–water partition coefficient (Wildman–Crippen LogP) is 3.07. The minimum Gasteiger partial charge on any atom is -0.455 e. The Balaban J connectivity index is 1.93. The van der Waals surface area contributed by atoms with E-state index in [1.54, 1.807) is 6.07 Å². The van der Waals surface area contributed by atoms with Gasteiger partial charge in [-0.05, 0) is 45.3 Å². The average Bonchev–Trinajstić information content (AvgIpc) is 3.07. The highest BCUT2D eigenvalue weighted by atomic mass is 16.5. The average molecular weight is 322 g/mol. The van der Waals surface area contributed by atoms with Crippen molar-refractivity contribution in [2.24, 2.45) is 5.73 Å². The van der Waals surface area contributed by atoms with Crippen molar-refractivity contribution in [1.29, 1.82) is 0 Å². The van der Waals surface area contributed by atoms with Gasteiger partial charge in [-0.3, -0.25) is 4.79 Å². The van der Waals surface area contributed by atoms with Crippen molar-refractivity contribution in [1.82, 2.24) is 4.90 Å². The Kier molecular flexibility index (Phi) is 5.87. The first-order valence-corrected chi connectivity index (χ1v) is 8.50. The number of carbonyl (C=O) groups is 1. The molecule has 0 radical (unpaired) electrons. The molecule has 2 N–H and O–H groups in total.